The number of amides is 3. The van der Waals surface area contributed by atoms with Gasteiger partial charge in [0, 0.05) is 12.8 Å². The molecule has 0 aliphatic rings. The van der Waals surface area contributed by atoms with Crippen molar-refractivity contribution in [2.75, 3.05) is 0 Å². The zero-order valence-corrected chi connectivity index (χ0v) is 21.1. The van der Waals surface area contributed by atoms with Crippen LogP contribution in [0.15, 0.2) is 54.6 Å². The van der Waals surface area contributed by atoms with Gasteiger partial charge in [-0.25, -0.2) is 4.79 Å². The number of carboxylic acids is 3. The summed E-state index contributed by atoms with van der Waals surface area (Å²) in [4.78, 5) is 72.7. The first-order chi connectivity index (χ1) is 18.8. The number of benzene rings is 2. The van der Waals surface area contributed by atoms with Gasteiger partial charge in [-0.1, -0.05) is 42.5 Å². The highest BCUT2D eigenvalue weighted by Crippen LogP contribution is 2.12. The van der Waals surface area contributed by atoms with Gasteiger partial charge in [-0.15, -0.1) is 0 Å². The molecule has 2 rings (SSSR count). The number of phenols is 1. The maximum absolute atomic E-state index is 13.2. The minimum Gasteiger partial charge on any atom is -0.508 e. The van der Waals surface area contributed by atoms with Gasteiger partial charge in [0.15, 0.2) is 0 Å². The van der Waals surface area contributed by atoms with E-state index in [1.807, 2.05) is 0 Å². The van der Waals surface area contributed by atoms with Crippen molar-refractivity contribution in [3.8, 4) is 5.75 Å². The van der Waals surface area contributed by atoms with Crippen LogP contribution >= 0.6 is 0 Å². The van der Waals surface area contributed by atoms with E-state index in [2.05, 4.69) is 16.0 Å². The van der Waals surface area contributed by atoms with Gasteiger partial charge in [0.25, 0.3) is 0 Å². The summed E-state index contributed by atoms with van der Waals surface area (Å²) >= 11 is 0. The van der Waals surface area contributed by atoms with E-state index in [0.29, 0.717) is 11.1 Å². The Kier molecular flexibility index (Phi) is 11.6. The van der Waals surface area contributed by atoms with E-state index < -0.39 is 72.6 Å². The van der Waals surface area contributed by atoms with Crippen LogP contribution in [0, 0.1) is 0 Å². The Morgan fingerprint density at radius 1 is 0.625 bits per heavy atom. The van der Waals surface area contributed by atoms with Crippen LogP contribution in [0.2, 0.25) is 0 Å². The lowest BCUT2D eigenvalue weighted by molar-refractivity contribution is -0.143. The highest BCUT2D eigenvalue weighted by Gasteiger charge is 2.32. The first-order valence-electron chi connectivity index (χ1n) is 12.0. The normalized spacial score (nSPS) is 13.6. The second-order valence-electron chi connectivity index (χ2n) is 8.88. The molecule has 2 aromatic carbocycles. The smallest absolute Gasteiger partial charge is 0.326 e. The third kappa shape index (κ3) is 10.4. The molecule has 14 nitrogen and oxygen atoms in total. The summed E-state index contributed by atoms with van der Waals surface area (Å²) in [7, 11) is 0. The van der Waals surface area contributed by atoms with E-state index in [9.17, 15) is 44.1 Å². The van der Waals surface area contributed by atoms with Crippen molar-refractivity contribution in [2.24, 2.45) is 5.73 Å². The number of carbonyl (C=O) groups excluding carboxylic acids is 3. The number of carboxylic acid groups (broad SMARTS) is 3. The number of aliphatic carboxylic acids is 3. The topological polar surface area (TPSA) is 245 Å². The van der Waals surface area contributed by atoms with Gasteiger partial charge in [-0.2, -0.15) is 0 Å². The number of nitrogens with two attached hydrogens (primary N) is 1. The highest BCUT2D eigenvalue weighted by molar-refractivity contribution is 5.96. The molecule has 9 N–H and O–H groups in total. The van der Waals surface area contributed by atoms with Gasteiger partial charge in [0.05, 0.1) is 18.9 Å². The number of hydrogen-bond donors (Lipinski definition) is 8. The Morgan fingerprint density at radius 3 is 1.65 bits per heavy atom. The van der Waals surface area contributed by atoms with Crippen LogP contribution in [0.25, 0.3) is 0 Å². The van der Waals surface area contributed by atoms with Crippen molar-refractivity contribution < 1.29 is 49.2 Å². The Labute approximate surface area is 228 Å². The molecule has 0 aliphatic heterocycles. The molecule has 40 heavy (non-hydrogen) atoms. The third-order valence-electron chi connectivity index (χ3n) is 5.65. The van der Waals surface area contributed by atoms with Crippen molar-refractivity contribution in [1.82, 2.24) is 16.0 Å². The summed E-state index contributed by atoms with van der Waals surface area (Å²) in [5, 5.41) is 44.1. The predicted molar refractivity (Wildman–Crippen MR) is 138 cm³/mol. The third-order valence-corrected chi connectivity index (χ3v) is 5.65. The van der Waals surface area contributed by atoms with E-state index in [1.54, 1.807) is 30.3 Å². The molecule has 0 heterocycles. The van der Waals surface area contributed by atoms with Crippen LogP contribution in [0.4, 0.5) is 0 Å². The summed E-state index contributed by atoms with van der Waals surface area (Å²) < 4.78 is 0. The number of hydrogen-bond acceptors (Lipinski definition) is 8. The average Bonchev–Trinajstić information content (AvgIpc) is 2.88. The number of rotatable bonds is 15. The molecule has 3 amide bonds. The lowest BCUT2D eigenvalue weighted by atomic mass is 10.0. The lowest BCUT2D eigenvalue weighted by Gasteiger charge is -2.24. The van der Waals surface area contributed by atoms with Gasteiger partial charge in [-0.05, 0) is 23.3 Å². The van der Waals surface area contributed by atoms with E-state index >= 15 is 0 Å². The molecule has 0 aliphatic carbocycles. The zero-order valence-electron chi connectivity index (χ0n) is 21.1. The Balaban J connectivity index is 2.24. The van der Waals surface area contributed by atoms with Crippen molar-refractivity contribution in [3.63, 3.8) is 0 Å². The number of aromatic hydroxyl groups is 1. The maximum Gasteiger partial charge on any atom is 0.326 e. The van der Waals surface area contributed by atoms with Crippen LogP contribution in [0.1, 0.15) is 24.0 Å². The minimum absolute atomic E-state index is 0.0704. The van der Waals surface area contributed by atoms with Crippen molar-refractivity contribution >= 4 is 35.6 Å². The number of phenolic OH excluding ortho intramolecular Hbond substituents is 1. The summed E-state index contributed by atoms with van der Waals surface area (Å²) in [5.74, 6) is -7.38. The molecule has 0 bridgehead atoms. The molecule has 4 atom stereocenters. The molecular weight excluding hydrogens is 528 g/mol. The molecule has 0 saturated heterocycles. The summed E-state index contributed by atoms with van der Waals surface area (Å²) in [6.45, 7) is 0. The quantitative estimate of drug-likeness (QED) is 0.132. The predicted octanol–water partition coefficient (Wildman–Crippen LogP) is -1.01. The summed E-state index contributed by atoms with van der Waals surface area (Å²) in [6.07, 6.45) is -1.96. The zero-order chi connectivity index (χ0) is 29.8. The molecule has 14 heteroatoms. The lowest BCUT2D eigenvalue weighted by Crippen LogP contribution is -2.58. The van der Waals surface area contributed by atoms with Gasteiger partial charge >= 0.3 is 17.9 Å². The van der Waals surface area contributed by atoms with Crippen LogP contribution < -0.4 is 21.7 Å². The van der Waals surface area contributed by atoms with Crippen LogP contribution in [0.3, 0.4) is 0 Å². The van der Waals surface area contributed by atoms with Crippen LogP contribution in [-0.2, 0) is 41.6 Å². The number of carbonyl (C=O) groups is 6. The van der Waals surface area contributed by atoms with Crippen molar-refractivity contribution in [2.45, 2.75) is 49.9 Å². The monoisotopic (exact) mass is 558 g/mol. The fraction of sp³-hybridized carbons (Fsp3) is 0.308. The molecule has 0 spiro atoms. The van der Waals surface area contributed by atoms with Crippen molar-refractivity contribution in [1.29, 1.82) is 0 Å². The highest BCUT2D eigenvalue weighted by atomic mass is 16.4. The Bertz CT molecular complexity index is 1220. The first kappa shape index (κ1) is 31.2. The second kappa shape index (κ2) is 14.8. The molecule has 2 aromatic rings. The SMILES string of the molecule is NC(CC(=O)O)C(=O)NC(Cc1ccc(O)cc1)C(=O)NC(CC(=O)O)C(=O)NC(Cc1ccccc1)C(=O)O. The summed E-state index contributed by atoms with van der Waals surface area (Å²) in [6, 6.07) is 7.77. The largest absolute Gasteiger partial charge is 0.508 e. The van der Waals surface area contributed by atoms with E-state index in [1.165, 1.54) is 24.3 Å². The second-order valence-corrected chi connectivity index (χ2v) is 8.88. The van der Waals surface area contributed by atoms with Gasteiger partial charge in [0.1, 0.15) is 23.9 Å². The molecule has 0 fully saturated rings. The molecular formula is C26H30N4O10. The maximum atomic E-state index is 13.2. The fourth-order valence-corrected chi connectivity index (χ4v) is 3.61. The van der Waals surface area contributed by atoms with Crippen molar-refractivity contribution in [3.05, 3.63) is 65.7 Å². The van der Waals surface area contributed by atoms with Gasteiger partial charge in [0.2, 0.25) is 17.7 Å². The summed E-state index contributed by atoms with van der Waals surface area (Å²) in [5.41, 5.74) is 6.62. The van der Waals surface area contributed by atoms with E-state index in [-0.39, 0.29) is 18.6 Å². The average molecular weight is 559 g/mol. The first-order valence-corrected chi connectivity index (χ1v) is 12.0. The van der Waals surface area contributed by atoms with E-state index in [4.69, 9.17) is 10.8 Å². The van der Waals surface area contributed by atoms with E-state index in [0.717, 1.165) is 0 Å². The fourth-order valence-electron chi connectivity index (χ4n) is 3.61. The minimum atomic E-state index is -1.73. The van der Waals surface area contributed by atoms with Crippen LogP contribution in [0.5, 0.6) is 5.75 Å². The Hall–Kier alpha value is -4.98. The Morgan fingerprint density at radius 2 is 1.10 bits per heavy atom. The molecule has 0 saturated carbocycles. The molecule has 0 aromatic heterocycles. The van der Waals surface area contributed by atoms with Gasteiger partial charge in [-0.3, -0.25) is 24.0 Å². The number of nitrogens with one attached hydrogen (secondary N) is 3. The van der Waals surface area contributed by atoms with Gasteiger partial charge < -0.3 is 42.1 Å². The standard InChI is InChI=1S/C26H30N4O10/c27-17(12-21(32)33)23(36)28-18(10-15-6-8-16(31)9-7-15)24(37)29-19(13-22(34)35)25(38)30-20(26(39)40)11-14-4-2-1-3-5-14/h1-9,17-20,31H,10-13,27H2,(H,28,36)(H,29,37)(H,30,38)(H,32,33)(H,34,35)(H,39,40). The molecule has 214 valence electrons. The molecule has 4 unspecified atom stereocenters. The molecule has 0 radical (unpaired) electrons. The van der Waals surface area contributed by atoms with Crippen LogP contribution in [-0.4, -0.2) is 80.2 Å².